The van der Waals surface area contributed by atoms with Crippen molar-refractivity contribution in [3.8, 4) is 0 Å². The maximum Gasteiger partial charge on any atom is 0.409 e. The van der Waals surface area contributed by atoms with Gasteiger partial charge in [0.25, 0.3) is 5.91 Å². The summed E-state index contributed by atoms with van der Waals surface area (Å²) in [5.74, 6) is -0.181. The fourth-order valence-electron chi connectivity index (χ4n) is 2.97. The second-order valence-electron chi connectivity index (χ2n) is 5.47. The molecule has 0 spiro atoms. The van der Waals surface area contributed by atoms with Crippen LogP contribution in [-0.4, -0.2) is 53.4 Å². The van der Waals surface area contributed by atoms with Gasteiger partial charge < -0.3 is 19.3 Å². The van der Waals surface area contributed by atoms with Crippen molar-refractivity contribution in [1.29, 1.82) is 0 Å². The quantitative estimate of drug-likeness (QED) is 0.739. The molecule has 2 heterocycles. The van der Waals surface area contributed by atoms with Crippen LogP contribution in [0.4, 0.5) is 10.5 Å². The Labute approximate surface area is 161 Å². The second kappa shape index (κ2) is 7.03. The third kappa shape index (κ3) is 3.08. The SMILES string of the molecule is COCCN1CCn2c(c(Br)c3c(NC(=O)O)cc(Cl)c(Cl)c32)C1=O. The van der Waals surface area contributed by atoms with Crippen molar-refractivity contribution >= 4 is 67.7 Å². The molecule has 2 amide bonds. The minimum atomic E-state index is -1.23. The van der Waals surface area contributed by atoms with Crippen LogP contribution in [0.3, 0.4) is 0 Å². The standard InChI is InChI=1S/C15H14BrCl2N3O4/c1-25-5-4-20-2-3-21-12-9(10(16)13(21)14(20)22)8(19-15(23)24)6-7(17)11(12)18/h6,19H,2-5H2,1H3,(H,23,24). The van der Waals surface area contributed by atoms with Gasteiger partial charge in [0.2, 0.25) is 0 Å². The lowest BCUT2D eigenvalue weighted by Gasteiger charge is -2.28. The summed E-state index contributed by atoms with van der Waals surface area (Å²) in [4.78, 5) is 25.6. The first-order valence-corrected chi connectivity index (χ1v) is 8.89. The third-order valence-corrected chi connectivity index (χ3v) is 5.60. The normalized spacial score (nSPS) is 14.1. The van der Waals surface area contributed by atoms with Crippen molar-refractivity contribution in [3.05, 3.63) is 26.3 Å². The number of carboxylic acid groups (broad SMARTS) is 1. The molecule has 0 unspecified atom stereocenters. The number of rotatable bonds is 4. The second-order valence-corrected chi connectivity index (χ2v) is 7.05. The summed E-state index contributed by atoms with van der Waals surface area (Å²) in [6.07, 6.45) is -1.23. The molecule has 0 saturated carbocycles. The molecule has 25 heavy (non-hydrogen) atoms. The molecule has 0 saturated heterocycles. The van der Waals surface area contributed by atoms with Gasteiger partial charge in [-0.2, -0.15) is 0 Å². The molecular weight excluding hydrogens is 437 g/mol. The molecule has 134 valence electrons. The monoisotopic (exact) mass is 449 g/mol. The lowest BCUT2D eigenvalue weighted by molar-refractivity contribution is 0.0642. The Morgan fingerprint density at radius 2 is 2.16 bits per heavy atom. The van der Waals surface area contributed by atoms with Crippen molar-refractivity contribution in [3.63, 3.8) is 0 Å². The van der Waals surface area contributed by atoms with E-state index in [0.29, 0.717) is 47.3 Å². The number of hydrogen-bond acceptors (Lipinski definition) is 3. The van der Waals surface area contributed by atoms with Gasteiger partial charge in [0.15, 0.2) is 0 Å². The molecule has 2 N–H and O–H groups in total. The average molecular weight is 451 g/mol. The van der Waals surface area contributed by atoms with E-state index in [-0.39, 0.29) is 21.6 Å². The molecule has 0 radical (unpaired) electrons. The Hall–Kier alpha value is -1.48. The zero-order chi connectivity index (χ0) is 18.3. The highest BCUT2D eigenvalue weighted by Gasteiger charge is 2.32. The van der Waals surface area contributed by atoms with E-state index in [0.717, 1.165) is 0 Å². The van der Waals surface area contributed by atoms with Crippen LogP contribution in [0, 0.1) is 0 Å². The van der Waals surface area contributed by atoms with Crippen LogP contribution >= 0.6 is 39.1 Å². The number of fused-ring (bicyclic) bond motifs is 3. The molecule has 3 rings (SSSR count). The maximum atomic E-state index is 12.8. The van der Waals surface area contributed by atoms with E-state index < -0.39 is 6.09 Å². The first kappa shape index (κ1) is 18.3. The Balaban J connectivity index is 2.22. The molecule has 0 atom stereocenters. The van der Waals surface area contributed by atoms with Crippen LogP contribution in [0.15, 0.2) is 10.5 Å². The number of halogens is 3. The lowest BCUT2D eigenvalue weighted by atomic mass is 10.2. The number of ether oxygens (including phenoxy) is 1. The number of methoxy groups -OCH3 is 1. The largest absolute Gasteiger partial charge is 0.465 e. The number of aromatic nitrogens is 1. The number of amides is 2. The van der Waals surface area contributed by atoms with Crippen molar-refractivity contribution in [2.45, 2.75) is 6.54 Å². The Morgan fingerprint density at radius 1 is 1.44 bits per heavy atom. The minimum Gasteiger partial charge on any atom is -0.465 e. The van der Waals surface area contributed by atoms with Gasteiger partial charge in [-0.3, -0.25) is 10.1 Å². The Bertz CT molecular complexity index is 884. The zero-order valence-corrected chi connectivity index (χ0v) is 16.2. The van der Waals surface area contributed by atoms with Crippen LogP contribution in [0.25, 0.3) is 10.9 Å². The first-order valence-electron chi connectivity index (χ1n) is 7.34. The van der Waals surface area contributed by atoms with Crippen LogP contribution in [0.5, 0.6) is 0 Å². The van der Waals surface area contributed by atoms with Crippen molar-refractivity contribution < 1.29 is 19.4 Å². The van der Waals surface area contributed by atoms with Crippen molar-refractivity contribution in [1.82, 2.24) is 9.47 Å². The van der Waals surface area contributed by atoms with Crippen LogP contribution in [-0.2, 0) is 11.3 Å². The van der Waals surface area contributed by atoms with Crippen molar-refractivity contribution in [2.75, 3.05) is 32.1 Å². The summed E-state index contributed by atoms with van der Waals surface area (Å²) in [5.41, 5.74) is 1.21. The predicted octanol–water partition coefficient (Wildman–Crippen LogP) is 3.90. The smallest absolute Gasteiger partial charge is 0.409 e. The highest BCUT2D eigenvalue weighted by Crippen LogP contribution is 2.44. The molecule has 7 nitrogen and oxygen atoms in total. The van der Waals surface area contributed by atoms with Crippen LogP contribution < -0.4 is 5.32 Å². The summed E-state index contributed by atoms with van der Waals surface area (Å²) >= 11 is 16.0. The molecule has 10 heteroatoms. The summed E-state index contributed by atoms with van der Waals surface area (Å²) in [5, 5.41) is 12.4. The van der Waals surface area contributed by atoms with E-state index in [1.54, 1.807) is 16.6 Å². The van der Waals surface area contributed by atoms with Gasteiger partial charge in [0.05, 0.1) is 32.3 Å². The van der Waals surface area contributed by atoms with E-state index in [4.69, 9.17) is 33.0 Å². The highest BCUT2D eigenvalue weighted by atomic mass is 79.9. The van der Waals surface area contributed by atoms with Crippen molar-refractivity contribution in [2.24, 2.45) is 0 Å². The van der Waals surface area contributed by atoms with Gasteiger partial charge in [0.1, 0.15) is 5.69 Å². The number of carbonyl (C=O) groups excluding carboxylic acids is 1. The Morgan fingerprint density at radius 3 is 2.80 bits per heavy atom. The Kier molecular flexibility index (Phi) is 5.15. The van der Waals surface area contributed by atoms with Crippen LogP contribution in [0.2, 0.25) is 10.0 Å². The number of nitrogens with one attached hydrogen (secondary N) is 1. The number of nitrogens with zero attached hydrogens (tertiary/aromatic N) is 2. The van der Waals surface area contributed by atoms with Gasteiger partial charge in [-0.15, -0.1) is 0 Å². The first-order chi connectivity index (χ1) is 11.9. The fourth-order valence-corrected chi connectivity index (χ4v) is 4.21. The lowest BCUT2D eigenvalue weighted by Crippen LogP contribution is -2.41. The maximum absolute atomic E-state index is 12.8. The predicted molar refractivity (Wildman–Crippen MR) is 99.1 cm³/mol. The summed E-state index contributed by atoms with van der Waals surface area (Å²) in [7, 11) is 1.58. The number of hydrogen-bond donors (Lipinski definition) is 2. The van der Waals surface area contributed by atoms with Gasteiger partial charge in [-0.1, -0.05) is 23.2 Å². The van der Waals surface area contributed by atoms with E-state index in [9.17, 15) is 9.59 Å². The number of carbonyl (C=O) groups is 2. The highest BCUT2D eigenvalue weighted by molar-refractivity contribution is 9.10. The average Bonchev–Trinajstić information content (AvgIpc) is 2.85. The molecular formula is C15H14BrCl2N3O4. The molecule has 0 aliphatic carbocycles. The fraction of sp³-hybridized carbons (Fsp3) is 0.333. The minimum absolute atomic E-state index is 0.181. The summed E-state index contributed by atoms with van der Waals surface area (Å²) < 4.78 is 7.29. The molecule has 1 aromatic heterocycles. The molecule has 1 aliphatic heterocycles. The van der Waals surface area contributed by atoms with Crippen LogP contribution in [0.1, 0.15) is 10.5 Å². The van der Waals surface area contributed by atoms with E-state index in [1.165, 1.54) is 6.07 Å². The molecule has 2 aromatic rings. The number of benzene rings is 1. The third-order valence-electron chi connectivity index (χ3n) is 4.05. The van der Waals surface area contributed by atoms with Gasteiger partial charge >= 0.3 is 6.09 Å². The van der Waals surface area contributed by atoms with E-state index >= 15 is 0 Å². The molecule has 0 bridgehead atoms. The number of anilines is 1. The zero-order valence-electron chi connectivity index (χ0n) is 13.1. The van der Waals surface area contributed by atoms with Gasteiger partial charge in [-0.05, 0) is 22.0 Å². The molecule has 1 aromatic carbocycles. The van der Waals surface area contributed by atoms with E-state index in [2.05, 4.69) is 21.2 Å². The molecule has 0 fully saturated rings. The van der Waals surface area contributed by atoms with Gasteiger partial charge in [-0.25, -0.2) is 4.79 Å². The topological polar surface area (TPSA) is 83.8 Å². The summed E-state index contributed by atoms with van der Waals surface area (Å²) in [6.45, 7) is 1.91. The summed E-state index contributed by atoms with van der Waals surface area (Å²) in [6, 6.07) is 1.43. The van der Waals surface area contributed by atoms with E-state index in [1.807, 2.05) is 0 Å². The van der Waals surface area contributed by atoms with Gasteiger partial charge in [0, 0.05) is 32.1 Å². The molecule has 1 aliphatic rings.